The Morgan fingerprint density at radius 3 is 2.67 bits per heavy atom. The van der Waals surface area contributed by atoms with E-state index in [2.05, 4.69) is 26.1 Å². The normalized spacial score (nSPS) is 11.7. The zero-order valence-corrected chi connectivity index (χ0v) is 9.97. The average Bonchev–Trinajstić information content (AvgIpc) is 2.42. The zero-order valence-electron chi connectivity index (χ0n) is 9.15. The molecule has 2 N–H and O–H groups in total. The Bertz CT molecular complexity index is 414. The Balaban J connectivity index is 2.87. The molecule has 0 saturated carbocycles. The first-order chi connectivity index (χ1) is 6.81. The lowest BCUT2D eigenvalue weighted by Gasteiger charge is -2.23. The van der Waals surface area contributed by atoms with Crippen LogP contribution in [0.4, 0.5) is 4.79 Å². The third kappa shape index (κ3) is 3.17. The summed E-state index contributed by atoms with van der Waals surface area (Å²) < 4.78 is 2.14. The second kappa shape index (κ2) is 4.16. The van der Waals surface area contributed by atoms with Crippen LogP contribution in [0.2, 0.25) is 0 Å². The molecule has 6 heteroatoms. The van der Waals surface area contributed by atoms with Crippen molar-refractivity contribution in [3.05, 3.63) is 16.7 Å². The number of aromatic amines is 1. The summed E-state index contributed by atoms with van der Waals surface area (Å²) in [6, 6.07) is 0. The lowest BCUT2D eigenvalue weighted by molar-refractivity contribution is -0.870. The fourth-order valence-electron chi connectivity index (χ4n) is 1.25. The van der Waals surface area contributed by atoms with Crippen molar-refractivity contribution in [1.29, 1.82) is 0 Å². The van der Waals surface area contributed by atoms with Gasteiger partial charge in [-0.3, -0.25) is 0 Å². The van der Waals surface area contributed by atoms with Crippen LogP contribution in [0, 0.1) is 4.77 Å². The van der Waals surface area contributed by atoms with E-state index < -0.39 is 6.09 Å². The minimum absolute atomic E-state index is 0.235. The molecular weight excluding hydrogens is 214 g/mol. The van der Waals surface area contributed by atoms with E-state index in [1.165, 1.54) is 0 Å². The number of hydrogen-bond donors (Lipinski definition) is 2. The molecule has 0 aromatic carbocycles. The summed E-state index contributed by atoms with van der Waals surface area (Å²) >= 11 is 4.88. The lowest BCUT2D eigenvalue weighted by atomic mass is 10.3. The molecule has 0 amide bonds. The highest BCUT2D eigenvalue weighted by Crippen LogP contribution is 2.04. The maximum atomic E-state index is 10.9. The number of hydrogen-bond acceptors (Lipinski definition) is 2. The fourth-order valence-corrected chi connectivity index (χ4v) is 1.50. The van der Waals surface area contributed by atoms with Crippen LogP contribution in [-0.2, 0) is 6.42 Å². The Hall–Kier alpha value is -1.14. The van der Waals surface area contributed by atoms with Crippen molar-refractivity contribution in [3.63, 3.8) is 0 Å². The minimum Gasteiger partial charge on any atom is -0.464 e. The summed E-state index contributed by atoms with van der Waals surface area (Å²) in [4.78, 5) is 13.6. The van der Waals surface area contributed by atoms with Crippen molar-refractivity contribution >= 4 is 18.3 Å². The van der Waals surface area contributed by atoms with Gasteiger partial charge in [0.05, 0.1) is 33.4 Å². The molecule has 84 valence electrons. The molecule has 5 nitrogen and oxygen atoms in total. The van der Waals surface area contributed by atoms with Gasteiger partial charge in [-0.2, -0.15) is 0 Å². The third-order valence-corrected chi connectivity index (χ3v) is 2.38. The van der Waals surface area contributed by atoms with Gasteiger partial charge in [-0.05, 0) is 12.2 Å². The van der Waals surface area contributed by atoms with Crippen LogP contribution >= 0.6 is 12.2 Å². The molecule has 1 aromatic heterocycles. The first kappa shape index (κ1) is 11.9. The van der Waals surface area contributed by atoms with Crippen LogP contribution in [0.1, 0.15) is 5.69 Å². The Morgan fingerprint density at radius 2 is 2.20 bits per heavy atom. The summed E-state index contributed by atoms with van der Waals surface area (Å²) in [5, 5.41) is 8.94. The van der Waals surface area contributed by atoms with Gasteiger partial charge in [0.15, 0.2) is 4.77 Å². The number of rotatable bonds is 3. The maximum Gasteiger partial charge on any atom is 0.418 e. The van der Waals surface area contributed by atoms with E-state index in [1.807, 2.05) is 0 Å². The first-order valence-electron chi connectivity index (χ1n) is 4.64. The number of carbonyl (C=O) groups is 1. The summed E-state index contributed by atoms with van der Waals surface area (Å²) in [6.45, 7) is 0.861. The van der Waals surface area contributed by atoms with Crippen molar-refractivity contribution in [2.45, 2.75) is 6.42 Å². The van der Waals surface area contributed by atoms with E-state index in [9.17, 15) is 4.79 Å². The first-order valence-corrected chi connectivity index (χ1v) is 5.05. The van der Waals surface area contributed by atoms with Gasteiger partial charge in [0.25, 0.3) is 0 Å². The second-order valence-corrected chi connectivity index (χ2v) is 4.85. The molecule has 1 rings (SSSR count). The van der Waals surface area contributed by atoms with Crippen molar-refractivity contribution < 1.29 is 14.4 Å². The highest BCUT2D eigenvalue weighted by atomic mass is 32.1. The summed E-state index contributed by atoms with van der Waals surface area (Å²) in [7, 11) is 6.19. The molecule has 0 unspecified atom stereocenters. The topological polar surface area (TPSA) is 58.0 Å². The van der Waals surface area contributed by atoms with Gasteiger partial charge in [-0.1, -0.05) is 0 Å². The number of imidazole rings is 1. The van der Waals surface area contributed by atoms with Gasteiger partial charge in [0.2, 0.25) is 0 Å². The van der Waals surface area contributed by atoms with Crippen molar-refractivity contribution in [3.8, 4) is 0 Å². The molecule has 0 spiro atoms. The van der Waals surface area contributed by atoms with Crippen LogP contribution < -0.4 is 0 Å². The van der Waals surface area contributed by atoms with Crippen molar-refractivity contribution in [2.24, 2.45) is 0 Å². The predicted molar refractivity (Wildman–Crippen MR) is 59.6 cm³/mol. The van der Waals surface area contributed by atoms with E-state index >= 15 is 0 Å². The fraction of sp³-hybridized carbons (Fsp3) is 0.556. The molecule has 0 radical (unpaired) electrons. The van der Waals surface area contributed by atoms with E-state index in [-0.39, 0.29) is 4.77 Å². The number of nitrogens with zero attached hydrogens (tertiary/aromatic N) is 2. The lowest BCUT2D eigenvalue weighted by Crippen LogP contribution is -2.36. The van der Waals surface area contributed by atoms with Gasteiger partial charge < -0.3 is 14.6 Å². The highest BCUT2D eigenvalue weighted by Gasteiger charge is 2.14. The van der Waals surface area contributed by atoms with E-state index in [1.54, 1.807) is 6.20 Å². The smallest absolute Gasteiger partial charge is 0.418 e. The monoisotopic (exact) mass is 230 g/mol. The average molecular weight is 230 g/mol. The number of likely N-dealkylation sites (N-methyl/N-ethyl adjacent to an activating group) is 1. The highest BCUT2D eigenvalue weighted by molar-refractivity contribution is 7.71. The van der Waals surface area contributed by atoms with Gasteiger partial charge in [0, 0.05) is 12.6 Å². The Labute approximate surface area is 93.5 Å². The molecule has 0 aliphatic heterocycles. The third-order valence-electron chi connectivity index (χ3n) is 2.08. The van der Waals surface area contributed by atoms with Crippen molar-refractivity contribution in [1.82, 2.24) is 9.55 Å². The maximum absolute atomic E-state index is 10.9. The van der Waals surface area contributed by atoms with Gasteiger partial charge in [-0.25, -0.2) is 9.36 Å². The summed E-state index contributed by atoms with van der Waals surface area (Å²) in [5.41, 5.74) is 0.709. The van der Waals surface area contributed by atoms with E-state index in [0.29, 0.717) is 12.1 Å². The van der Waals surface area contributed by atoms with Crippen LogP contribution in [0.25, 0.3) is 0 Å². The molecule has 0 fully saturated rings. The molecule has 0 aliphatic rings. The number of carboxylic acid groups (broad SMARTS) is 1. The SMILES string of the molecule is C[N+](C)(C)CCc1c[nH]c(=S)n1C(=O)O. The molecule has 1 heterocycles. The molecule has 0 bridgehead atoms. The molecule has 0 atom stereocenters. The standard InChI is InChI=1S/C9H15N3O2S/c1-12(2,3)5-4-7-6-10-8(15)11(7)9(13)14/h6H,4-5H2,1-3H3,(H-,10,13,14,15)/p+1. The number of nitrogens with one attached hydrogen (secondary N) is 1. The van der Waals surface area contributed by atoms with Crippen LogP contribution in [-0.4, -0.2) is 52.9 Å². The quantitative estimate of drug-likeness (QED) is 0.608. The van der Waals surface area contributed by atoms with Crippen LogP contribution in [0.15, 0.2) is 6.20 Å². The molecule has 0 aliphatic carbocycles. The van der Waals surface area contributed by atoms with Gasteiger partial charge >= 0.3 is 6.09 Å². The van der Waals surface area contributed by atoms with Crippen LogP contribution in [0.5, 0.6) is 0 Å². The molecule has 15 heavy (non-hydrogen) atoms. The number of aromatic nitrogens is 2. The largest absolute Gasteiger partial charge is 0.464 e. The van der Waals surface area contributed by atoms with E-state index in [0.717, 1.165) is 15.6 Å². The summed E-state index contributed by atoms with van der Waals surface area (Å²) in [5.74, 6) is 0. The molecule has 0 saturated heterocycles. The van der Waals surface area contributed by atoms with Crippen molar-refractivity contribution in [2.75, 3.05) is 27.7 Å². The van der Waals surface area contributed by atoms with E-state index in [4.69, 9.17) is 17.3 Å². The number of H-pyrrole nitrogens is 1. The second-order valence-electron chi connectivity index (χ2n) is 4.47. The van der Waals surface area contributed by atoms with Crippen LogP contribution in [0.3, 0.4) is 0 Å². The Kier molecular flexibility index (Phi) is 3.31. The molecular formula is C9H16N3O2S+. The predicted octanol–water partition coefficient (Wildman–Crippen LogP) is 1.32. The zero-order chi connectivity index (χ0) is 11.6. The number of quaternary nitrogens is 1. The Morgan fingerprint density at radius 1 is 1.60 bits per heavy atom. The summed E-state index contributed by atoms with van der Waals surface area (Å²) in [6.07, 6.45) is 1.31. The minimum atomic E-state index is -1.03. The van der Waals surface area contributed by atoms with Gasteiger partial charge in [-0.15, -0.1) is 0 Å². The molecule has 1 aromatic rings. The van der Waals surface area contributed by atoms with Gasteiger partial charge in [0.1, 0.15) is 0 Å².